The van der Waals surface area contributed by atoms with E-state index >= 15 is 0 Å². The third-order valence-electron chi connectivity index (χ3n) is 5.42. The van der Waals surface area contributed by atoms with Crippen LogP contribution in [0.4, 0.5) is 5.69 Å². The lowest BCUT2D eigenvalue weighted by Gasteiger charge is -2.26. The summed E-state index contributed by atoms with van der Waals surface area (Å²) >= 11 is 12.1. The first-order valence-corrected chi connectivity index (χ1v) is 11.2. The van der Waals surface area contributed by atoms with Crippen molar-refractivity contribution in [2.45, 2.75) is 19.9 Å². The monoisotopic (exact) mass is 464 g/mol. The molecule has 32 heavy (non-hydrogen) atoms. The zero-order valence-corrected chi connectivity index (χ0v) is 19.6. The molecule has 5 nitrogen and oxygen atoms in total. The zero-order chi connectivity index (χ0) is 22.5. The molecule has 164 valence electrons. The van der Waals surface area contributed by atoms with Crippen LogP contribution in [-0.2, 0) is 13.0 Å². The standard InChI is InChI=1S/C25H25ClN4OS/c1-17-22(23-13-19(26)8-9-24(23)28-17)10-12-30(16-18-5-4-11-27-15-18)25(32)29-20-6-3-7-21(14-20)31-2/h3-9,11,13-15,28H,10,12,16H2,1-2H3,(H,29,32). The third-order valence-corrected chi connectivity index (χ3v) is 6.01. The van der Waals surface area contributed by atoms with Crippen LogP contribution in [0.2, 0.25) is 5.02 Å². The number of halogens is 1. The lowest BCUT2D eigenvalue weighted by Crippen LogP contribution is -2.36. The summed E-state index contributed by atoms with van der Waals surface area (Å²) in [4.78, 5) is 9.87. The minimum Gasteiger partial charge on any atom is -0.497 e. The Kier molecular flexibility index (Phi) is 6.93. The highest BCUT2D eigenvalue weighted by atomic mass is 35.5. The molecule has 0 amide bonds. The molecule has 2 N–H and O–H groups in total. The zero-order valence-electron chi connectivity index (χ0n) is 18.1. The number of aromatic amines is 1. The van der Waals surface area contributed by atoms with Crippen molar-refractivity contribution in [1.82, 2.24) is 14.9 Å². The number of aromatic nitrogens is 2. The number of hydrogen-bond donors (Lipinski definition) is 2. The molecule has 7 heteroatoms. The van der Waals surface area contributed by atoms with Crippen molar-refractivity contribution in [2.24, 2.45) is 0 Å². The fourth-order valence-corrected chi connectivity index (χ4v) is 4.24. The molecule has 0 aliphatic rings. The highest BCUT2D eigenvalue weighted by molar-refractivity contribution is 7.80. The van der Waals surface area contributed by atoms with E-state index in [2.05, 4.69) is 33.2 Å². The Bertz CT molecular complexity index is 1230. The van der Waals surface area contributed by atoms with Crippen LogP contribution in [0.3, 0.4) is 0 Å². The Morgan fingerprint density at radius 1 is 1.19 bits per heavy atom. The first-order chi connectivity index (χ1) is 15.5. The molecule has 0 atom stereocenters. The van der Waals surface area contributed by atoms with Gasteiger partial charge in [-0.2, -0.15) is 0 Å². The predicted molar refractivity (Wildman–Crippen MR) is 136 cm³/mol. The minimum absolute atomic E-state index is 0.651. The van der Waals surface area contributed by atoms with Gasteiger partial charge in [-0.05, 0) is 73.1 Å². The maximum Gasteiger partial charge on any atom is 0.173 e. The van der Waals surface area contributed by atoms with Crippen LogP contribution in [0.5, 0.6) is 5.75 Å². The predicted octanol–water partition coefficient (Wildman–Crippen LogP) is 5.98. The van der Waals surface area contributed by atoms with Crippen LogP contribution in [0.1, 0.15) is 16.8 Å². The summed E-state index contributed by atoms with van der Waals surface area (Å²) in [5.74, 6) is 0.780. The minimum atomic E-state index is 0.651. The number of rotatable bonds is 7. The number of fused-ring (bicyclic) bond motifs is 1. The van der Waals surface area contributed by atoms with Gasteiger partial charge in [-0.25, -0.2) is 0 Å². The number of thiocarbonyl (C=S) groups is 1. The number of anilines is 1. The number of nitrogens with zero attached hydrogens (tertiary/aromatic N) is 2. The molecule has 0 aliphatic heterocycles. The van der Waals surface area contributed by atoms with Crippen molar-refractivity contribution < 1.29 is 4.74 Å². The summed E-state index contributed by atoms with van der Waals surface area (Å²) in [6.45, 7) is 3.50. The first-order valence-electron chi connectivity index (χ1n) is 10.4. The number of ether oxygens (including phenoxy) is 1. The van der Waals surface area contributed by atoms with Gasteiger partial charge < -0.3 is 19.9 Å². The van der Waals surface area contributed by atoms with E-state index in [0.717, 1.165) is 51.6 Å². The molecule has 0 saturated carbocycles. The van der Waals surface area contributed by atoms with Crippen molar-refractivity contribution in [3.63, 3.8) is 0 Å². The van der Waals surface area contributed by atoms with Gasteiger partial charge in [0.2, 0.25) is 0 Å². The summed E-state index contributed by atoms with van der Waals surface area (Å²) in [6.07, 6.45) is 4.48. The van der Waals surface area contributed by atoms with Crippen molar-refractivity contribution >= 4 is 45.5 Å². The van der Waals surface area contributed by atoms with Gasteiger partial charge in [-0.15, -0.1) is 0 Å². The second-order valence-corrected chi connectivity index (χ2v) is 8.44. The Labute approximate surface area is 198 Å². The van der Waals surface area contributed by atoms with Crippen LogP contribution in [0.15, 0.2) is 67.0 Å². The van der Waals surface area contributed by atoms with Crippen LogP contribution >= 0.6 is 23.8 Å². The fourth-order valence-electron chi connectivity index (χ4n) is 3.79. The van der Waals surface area contributed by atoms with Crippen LogP contribution in [0, 0.1) is 6.92 Å². The molecule has 0 bridgehead atoms. The molecule has 2 aromatic heterocycles. The topological polar surface area (TPSA) is 53.2 Å². The van der Waals surface area contributed by atoms with E-state index in [1.165, 1.54) is 5.56 Å². The van der Waals surface area contributed by atoms with Crippen LogP contribution in [-0.4, -0.2) is 33.6 Å². The van der Waals surface area contributed by atoms with E-state index in [9.17, 15) is 0 Å². The highest BCUT2D eigenvalue weighted by Gasteiger charge is 2.15. The average molecular weight is 465 g/mol. The summed E-state index contributed by atoms with van der Waals surface area (Å²) in [6, 6.07) is 17.7. The summed E-state index contributed by atoms with van der Waals surface area (Å²) in [5, 5.41) is 5.90. The SMILES string of the molecule is COc1cccc(NC(=S)N(CCc2c(C)[nH]c3ccc(Cl)cc23)Cc2cccnc2)c1. The van der Waals surface area contributed by atoms with E-state index < -0.39 is 0 Å². The van der Waals surface area contributed by atoms with E-state index in [4.69, 9.17) is 28.6 Å². The molecule has 2 aromatic carbocycles. The molecule has 2 heterocycles. The molecule has 0 saturated heterocycles. The van der Waals surface area contributed by atoms with E-state index in [-0.39, 0.29) is 0 Å². The van der Waals surface area contributed by atoms with Gasteiger partial charge in [-0.1, -0.05) is 23.7 Å². The Morgan fingerprint density at radius 2 is 2.06 bits per heavy atom. The maximum atomic E-state index is 6.26. The van der Waals surface area contributed by atoms with Crippen molar-refractivity contribution in [3.05, 3.63) is 88.8 Å². The average Bonchev–Trinajstić information content (AvgIpc) is 3.11. The highest BCUT2D eigenvalue weighted by Crippen LogP contribution is 2.26. The molecule has 0 aliphatic carbocycles. The number of benzene rings is 2. The Hall–Kier alpha value is -3.09. The van der Waals surface area contributed by atoms with Gasteiger partial charge in [0.1, 0.15) is 5.75 Å². The van der Waals surface area contributed by atoms with Gasteiger partial charge in [0.25, 0.3) is 0 Å². The summed E-state index contributed by atoms with van der Waals surface area (Å²) in [5.41, 5.74) is 5.48. The molecular weight excluding hydrogens is 440 g/mol. The lowest BCUT2D eigenvalue weighted by atomic mass is 10.1. The largest absolute Gasteiger partial charge is 0.497 e. The fraction of sp³-hybridized carbons (Fsp3) is 0.200. The Balaban J connectivity index is 1.56. The van der Waals surface area contributed by atoms with Gasteiger partial charge in [0.05, 0.1) is 7.11 Å². The number of pyridine rings is 1. The number of nitrogens with one attached hydrogen (secondary N) is 2. The lowest BCUT2D eigenvalue weighted by molar-refractivity contribution is 0.414. The maximum absolute atomic E-state index is 6.26. The first kappa shape index (κ1) is 22.1. The quantitative estimate of drug-likeness (QED) is 0.330. The molecule has 4 aromatic rings. The number of methoxy groups -OCH3 is 1. The van der Waals surface area contributed by atoms with E-state index in [0.29, 0.717) is 11.7 Å². The second kappa shape index (κ2) is 10.0. The van der Waals surface area contributed by atoms with Crippen LogP contribution in [0.25, 0.3) is 10.9 Å². The second-order valence-electron chi connectivity index (χ2n) is 7.61. The molecule has 4 rings (SSSR count). The molecule has 0 unspecified atom stereocenters. The van der Waals surface area contributed by atoms with Crippen molar-refractivity contribution in [3.8, 4) is 5.75 Å². The Morgan fingerprint density at radius 3 is 2.84 bits per heavy atom. The van der Waals surface area contributed by atoms with Gasteiger partial charge in [0, 0.05) is 58.9 Å². The number of hydrogen-bond acceptors (Lipinski definition) is 3. The van der Waals surface area contributed by atoms with Crippen molar-refractivity contribution in [2.75, 3.05) is 19.0 Å². The van der Waals surface area contributed by atoms with Crippen molar-refractivity contribution in [1.29, 1.82) is 0 Å². The summed E-state index contributed by atoms with van der Waals surface area (Å²) < 4.78 is 5.33. The van der Waals surface area contributed by atoms with Crippen LogP contribution < -0.4 is 10.1 Å². The molecule has 0 radical (unpaired) electrons. The van der Waals surface area contributed by atoms with Gasteiger partial charge >= 0.3 is 0 Å². The van der Waals surface area contributed by atoms with E-state index in [1.54, 1.807) is 13.3 Å². The third kappa shape index (κ3) is 5.21. The normalized spacial score (nSPS) is 10.8. The van der Waals surface area contributed by atoms with E-state index in [1.807, 2.05) is 54.7 Å². The van der Waals surface area contributed by atoms with Gasteiger partial charge in [0.15, 0.2) is 5.11 Å². The number of H-pyrrole nitrogens is 1. The molecule has 0 spiro atoms. The molecule has 0 fully saturated rings. The number of aryl methyl sites for hydroxylation is 1. The summed E-state index contributed by atoms with van der Waals surface area (Å²) in [7, 11) is 1.65. The van der Waals surface area contributed by atoms with Gasteiger partial charge in [-0.3, -0.25) is 4.98 Å². The smallest absolute Gasteiger partial charge is 0.173 e. The molecular formula is C25H25ClN4OS.